The zero-order valence-corrected chi connectivity index (χ0v) is 12.0. The van der Waals surface area contributed by atoms with E-state index in [0.29, 0.717) is 10.8 Å². The third-order valence-corrected chi connectivity index (χ3v) is 3.38. The van der Waals surface area contributed by atoms with Gasteiger partial charge in [-0.2, -0.15) is 0 Å². The molecule has 0 fully saturated rings. The van der Waals surface area contributed by atoms with Crippen molar-refractivity contribution in [3.63, 3.8) is 0 Å². The van der Waals surface area contributed by atoms with Gasteiger partial charge in [-0.1, -0.05) is 11.6 Å². The molecule has 0 saturated carbocycles. The summed E-state index contributed by atoms with van der Waals surface area (Å²) in [6, 6.07) is 9.31. The Labute approximate surface area is 123 Å². The van der Waals surface area contributed by atoms with Crippen LogP contribution in [-0.4, -0.2) is 15.0 Å². The van der Waals surface area contributed by atoms with Crippen molar-refractivity contribution < 1.29 is 0 Å². The molecule has 6 heteroatoms. The van der Waals surface area contributed by atoms with Crippen LogP contribution in [0.4, 0.5) is 11.5 Å². The molecular formula is C13H8BrClN4. The van der Waals surface area contributed by atoms with E-state index in [1.807, 2.05) is 24.3 Å². The van der Waals surface area contributed by atoms with Gasteiger partial charge in [0, 0.05) is 17.6 Å². The summed E-state index contributed by atoms with van der Waals surface area (Å²) in [6.07, 6.45) is 3.22. The van der Waals surface area contributed by atoms with Crippen molar-refractivity contribution >= 4 is 49.9 Å². The Morgan fingerprint density at radius 2 is 2.00 bits per heavy atom. The van der Waals surface area contributed by atoms with Gasteiger partial charge >= 0.3 is 0 Å². The molecule has 1 aromatic carbocycles. The van der Waals surface area contributed by atoms with Crippen LogP contribution >= 0.6 is 27.5 Å². The summed E-state index contributed by atoms with van der Waals surface area (Å²) in [4.78, 5) is 12.5. The number of aromatic nitrogens is 3. The minimum atomic E-state index is 0.678. The van der Waals surface area contributed by atoms with Crippen molar-refractivity contribution in [3.8, 4) is 0 Å². The van der Waals surface area contributed by atoms with Gasteiger partial charge in [0.2, 0.25) is 0 Å². The third-order valence-electron chi connectivity index (χ3n) is 2.61. The smallest absolute Gasteiger partial charge is 0.134 e. The van der Waals surface area contributed by atoms with Gasteiger partial charge in [-0.05, 0) is 40.2 Å². The first kappa shape index (κ1) is 12.3. The minimum Gasteiger partial charge on any atom is -0.338 e. The molecule has 0 saturated heterocycles. The Balaban J connectivity index is 2.09. The van der Waals surface area contributed by atoms with Crippen molar-refractivity contribution in [3.05, 3.63) is 52.5 Å². The van der Waals surface area contributed by atoms with E-state index in [2.05, 4.69) is 36.2 Å². The molecule has 3 aromatic rings. The Morgan fingerprint density at radius 3 is 2.84 bits per heavy atom. The van der Waals surface area contributed by atoms with Crippen molar-refractivity contribution in [2.45, 2.75) is 0 Å². The molecular weight excluding hydrogens is 328 g/mol. The van der Waals surface area contributed by atoms with E-state index in [0.717, 1.165) is 21.2 Å². The number of hydrogen-bond donors (Lipinski definition) is 1. The van der Waals surface area contributed by atoms with E-state index >= 15 is 0 Å². The van der Waals surface area contributed by atoms with Gasteiger partial charge in [0.15, 0.2) is 0 Å². The lowest BCUT2D eigenvalue weighted by atomic mass is 10.2. The number of pyridine rings is 1. The molecule has 3 rings (SSSR count). The van der Waals surface area contributed by atoms with Crippen molar-refractivity contribution in [2.24, 2.45) is 0 Å². The first-order chi connectivity index (χ1) is 9.24. The summed E-state index contributed by atoms with van der Waals surface area (Å²) in [5.74, 6) is 0.691. The number of halogens is 2. The Morgan fingerprint density at radius 1 is 1.11 bits per heavy atom. The molecule has 4 nitrogen and oxygen atoms in total. The van der Waals surface area contributed by atoms with Crippen LogP contribution in [0.3, 0.4) is 0 Å². The maximum atomic E-state index is 6.16. The number of hydrogen-bond acceptors (Lipinski definition) is 4. The molecule has 0 aliphatic heterocycles. The quantitative estimate of drug-likeness (QED) is 0.714. The summed E-state index contributed by atoms with van der Waals surface area (Å²) >= 11 is 9.47. The molecule has 2 aromatic heterocycles. The van der Waals surface area contributed by atoms with Gasteiger partial charge in [-0.15, -0.1) is 0 Å². The summed E-state index contributed by atoms with van der Waals surface area (Å²) in [5, 5.41) is 4.80. The topological polar surface area (TPSA) is 50.7 Å². The van der Waals surface area contributed by atoms with Crippen LogP contribution in [0.1, 0.15) is 0 Å². The summed E-state index contributed by atoms with van der Waals surface area (Å²) < 4.78 is 0.719. The maximum Gasteiger partial charge on any atom is 0.134 e. The molecule has 0 aliphatic carbocycles. The normalized spacial score (nSPS) is 10.6. The van der Waals surface area contributed by atoms with Gasteiger partial charge in [0.1, 0.15) is 16.7 Å². The van der Waals surface area contributed by atoms with E-state index < -0.39 is 0 Å². The van der Waals surface area contributed by atoms with E-state index in [1.165, 1.54) is 6.33 Å². The van der Waals surface area contributed by atoms with Gasteiger partial charge in [0.05, 0.1) is 16.2 Å². The average molecular weight is 336 g/mol. The zero-order chi connectivity index (χ0) is 13.2. The van der Waals surface area contributed by atoms with Crippen LogP contribution in [0.15, 0.2) is 47.5 Å². The Kier molecular flexibility index (Phi) is 3.31. The number of anilines is 2. The van der Waals surface area contributed by atoms with Gasteiger partial charge in [-0.3, -0.25) is 4.98 Å². The highest BCUT2D eigenvalue weighted by Gasteiger charge is 2.06. The molecule has 0 amide bonds. The highest BCUT2D eigenvalue weighted by molar-refractivity contribution is 9.10. The highest BCUT2D eigenvalue weighted by Crippen LogP contribution is 2.29. The van der Waals surface area contributed by atoms with Crippen LogP contribution in [0.5, 0.6) is 0 Å². The number of rotatable bonds is 2. The number of nitrogens with zero attached hydrogens (tertiary/aromatic N) is 3. The second-order valence-electron chi connectivity index (χ2n) is 3.85. The van der Waals surface area contributed by atoms with Crippen LogP contribution in [0.25, 0.3) is 10.9 Å². The fraction of sp³-hybridized carbons (Fsp3) is 0. The predicted octanol–water partition coefficient (Wildman–Crippen LogP) is 4.18. The molecule has 0 atom stereocenters. The van der Waals surface area contributed by atoms with Gasteiger partial charge in [-0.25, -0.2) is 9.97 Å². The largest absolute Gasteiger partial charge is 0.338 e. The molecule has 0 unspecified atom stereocenters. The fourth-order valence-electron chi connectivity index (χ4n) is 1.78. The average Bonchev–Trinajstić information content (AvgIpc) is 2.42. The molecule has 0 bridgehead atoms. The summed E-state index contributed by atoms with van der Waals surface area (Å²) in [6.45, 7) is 0. The van der Waals surface area contributed by atoms with E-state index in [9.17, 15) is 0 Å². The molecule has 2 heterocycles. The number of fused-ring (bicyclic) bond motifs is 1. The standard InChI is InChI=1S/C13H8BrClN4/c14-11-6-12(18-7-17-11)19-10-4-3-9(15)8-2-1-5-16-13(8)10/h1-7H,(H,17,18,19). The third kappa shape index (κ3) is 2.52. The Bertz CT molecular complexity index is 748. The lowest BCUT2D eigenvalue weighted by Gasteiger charge is -2.09. The van der Waals surface area contributed by atoms with Crippen molar-refractivity contribution in [2.75, 3.05) is 5.32 Å². The van der Waals surface area contributed by atoms with Crippen molar-refractivity contribution in [1.29, 1.82) is 0 Å². The molecule has 94 valence electrons. The second kappa shape index (κ2) is 5.11. The second-order valence-corrected chi connectivity index (χ2v) is 5.07. The first-order valence-corrected chi connectivity index (χ1v) is 6.69. The van der Waals surface area contributed by atoms with Crippen LogP contribution in [0, 0.1) is 0 Å². The summed E-state index contributed by atoms with van der Waals surface area (Å²) in [7, 11) is 0. The lowest BCUT2D eigenvalue weighted by molar-refractivity contribution is 1.14. The first-order valence-electron chi connectivity index (χ1n) is 5.52. The zero-order valence-electron chi connectivity index (χ0n) is 9.64. The fourth-order valence-corrected chi connectivity index (χ4v) is 2.30. The minimum absolute atomic E-state index is 0.678. The Hall–Kier alpha value is -1.72. The van der Waals surface area contributed by atoms with Crippen molar-refractivity contribution in [1.82, 2.24) is 15.0 Å². The molecule has 19 heavy (non-hydrogen) atoms. The highest BCUT2D eigenvalue weighted by atomic mass is 79.9. The predicted molar refractivity (Wildman–Crippen MR) is 79.8 cm³/mol. The number of benzene rings is 1. The van der Waals surface area contributed by atoms with E-state index in [4.69, 9.17) is 11.6 Å². The molecule has 0 radical (unpaired) electrons. The monoisotopic (exact) mass is 334 g/mol. The van der Waals surface area contributed by atoms with E-state index in [1.54, 1.807) is 12.3 Å². The van der Waals surface area contributed by atoms with Gasteiger partial charge < -0.3 is 5.32 Å². The lowest BCUT2D eigenvalue weighted by Crippen LogP contribution is -1.96. The molecule has 1 N–H and O–H groups in total. The van der Waals surface area contributed by atoms with Crippen LogP contribution < -0.4 is 5.32 Å². The maximum absolute atomic E-state index is 6.16. The van der Waals surface area contributed by atoms with Crippen LogP contribution in [0.2, 0.25) is 5.02 Å². The van der Waals surface area contributed by atoms with E-state index in [-0.39, 0.29) is 0 Å². The molecule has 0 aliphatic rings. The molecule has 0 spiro atoms. The number of nitrogens with one attached hydrogen (secondary N) is 1. The van der Waals surface area contributed by atoms with Crippen LogP contribution in [-0.2, 0) is 0 Å². The summed E-state index contributed by atoms with van der Waals surface area (Å²) in [5.41, 5.74) is 1.66. The van der Waals surface area contributed by atoms with Gasteiger partial charge in [0.25, 0.3) is 0 Å². The SMILES string of the molecule is Clc1ccc(Nc2cc(Br)ncn2)c2ncccc12.